The Morgan fingerprint density at radius 3 is 2.80 bits per heavy atom. The summed E-state index contributed by atoms with van der Waals surface area (Å²) in [4.78, 5) is 10.5. The predicted octanol–water partition coefficient (Wildman–Crippen LogP) is 1.16. The second-order valence-electron chi connectivity index (χ2n) is 5.53. The Morgan fingerprint density at radius 1 is 1.60 bits per heavy atom. The van der Waals surface area contributed by atoms with Gasteiger partial charge in [0.25, 0.3) is 0 Å². The molecular formula is C13H22N4O3. The van der Waals surface area contributed by atoms with Crippen LogP contribution in [-0.2, 0) is 6.54 Å². The third kappa shape index (κ3) is 3.16. The van der Waals surface area contributed by atoms with Crippen molar-refractivity contribution in [3.05, 3.63) is 21.5 Å². The molecule has 2 N–H and O–H groups in total. The minimum Gasteiger partial charge on any atom is -0.390 e. The van der Waals surface area contributed by atoms with Gasteiger partial charge < -0.3 is 10.4 Å². The summed E-state index contributed by atoms with van der Waals surface area (Å²) < 4.78 is 1.52. The van der Waals surface area contributed by atoms with Gasteiger partial charge in [-0.1, -0.05) is 13.3 Å². The number of nitrogens with one attached hydrogen (secondary N) is 1. The van der Waals surface area contributed by atoms with Gasteiger partial charge in [-0.2, -0.15) is 5.10 Å². The van der Waals surface area contributed by atoms with Gasteiger partial charge in [-0.15, -0.1) is 0 Å². The first kappa shape index (κ1) is 14.9. The van der Waals surface area contributed by atoms with E-state index < -0.39 is 11.0 Å². The lowest BCUT2D eigenvalue weighted by molar-refractivity contribution is -0.386. The van der Waals surface area contributed by atoms with Gasteiger partial charge in [-0.25, -0.2) is 0 Å². The molecule has 0 aromatic carbocycles. The van der Waals surface area contributed by atoms with Gasteiger partial charge in [0.1, 0.15) is 11.4 Å². The average Bonchev–Trinajstić information content (AvgIpc) is 3.07. The van der Waals surface area contributed by atoms with E-state index in [1.807, 2.05) is 0 Å². The SMILES string of the molecule is CCC1CC1NCC(O)Cn1nc(C)c([N+](=O)[O-])c1C. The molecule has 0 radical (unpaired) electrons. The molecule has 7 nitrogen and oxygen atoms in total. The highest BCUT2D eigenvalue weighted by Crippen LogP contribution is 2.32. The summed E-state index contributed by atoms with van der Waals surface area (Å²) in [5.74, 6) is 0.733. The van der Waals surface area contributed by atoms with Crippen LogP contribution in [0.5, 0.6) is 0 Å². The van der Waals surface area contributed by atoms with Crippen molar-refractivity contribution in [1.29, 1.82) is 0 Å². The molecule has 0 amide bonds. The van der Waals surface area contributed by atoms with Crippen LogP contribution in [0.1, 0.15) is 31.2 Å². The molecule has 0 saturated heterocycles. The minimum absolute atomic E-state index is 0.0402. The number of aliphatic hydroxyl groups excluding tert-OH is 1. The van der Waals surface area contributed by atoms with Crippen molar-refractivity contribution in [2.75, 3.05) is 6.54 Å². The van der Waals surface area contributed by atoms with Crippen LogP contribution in [0.15, 0.2) is 0 Å². The maximum atomic E-state index is 10.9. The van der Waals surface area contributed by atoms with Gasteiger partial charge in [0.15, 0.2) is 0 Å². The Balaban J connectivity index is 1.89. The fraction of sp³-hybridized carbons (Fsp3) is 0.769. The minimum atomic E-state index is -0.592. The Labute approximate surface area is 118 Å². The highest BCUT2D eigenvalue weighted by Gasteiger charge is 2.35. The zero-order valence-electron chi connectivity index (χ0n) is 12.2. The maximum absolute atomic E-state index is 10.9. The zero-order valence-corrected chi connectivity index (χ0v) is 12.2. The predicted molar refractivity (Wildman–Crippen MR) is 74.6 cm³/mol. The molecule has 3 atom stereocenters. The fourth-order valence-corrected chi connectivity index (χ4v) is 2.63. The summed E-state index contributed by atoms with van der Waals surface area (Å²) in [6, 6.07) is 0.518. The molecule has 7 heteroatoms. The smallest absolute Gasteiger partial charge is 0.312 e. The van der Waals surface area contributed by atoms with Crippen LogP contribution in [-0.4, -0.2) is 38.5 Å². The molecule has 2 rings (SSSR count). The third-order valence-electron chi connectivity index (χ3n) is 3.97. The highest BCUT2D eigenvalue weighted by atomic mass is 16.6. The number of nitrogens with zero attached hydrogens (tertiary/aromatic N) is 3. The number of hydrogen-bond acceptors (Lipinski definition) is 5. The number of nitro groups is 1. The van der Waals surface area contributed by atoms with Crippen molar-refractivity contribution in [3.63, 3.8) is 0 Å². The molecule has 0 aliphatic heterocycles. The van der Waals surface area contributed by atoms with E-state index in [-0.39, 0.29) is 12.2 Å². The van der Waals surface area contributed by atoms with Gasteiger partial charge in [0, 0.05) is 12.6 Å². The van der Waals surface area contributed by atoms with E-state index in [4.69, 9.17) is 0 Å². The molecule has 1 saturated carbocycles. The second kappa shape index (κ2) is 5.88. The average molecular weight is 282 g/mol. The third-order valence-corrected chi connectivity index (χ3v) is 3.97. The molecular weight excluding hydrogens is 260 g/mol. The molecule has 20 heavy (non-hydrogen) atoms. The van der Waals surface area contributed by atoms with Crippen molar-refractivity contribution in [2.24, 2.45) is 5.92 Å². The van der Waals surface area contributed by atoms with Crippen molar-refractivity contribution in [2.45, 2.75) is 52.3 Å². The number of aromatic nitrogens is 2. The monoisotopic (exact) mass is 282 g/mol. The molecule has 1 heterocycles. The summed E-state index contributed by atoms with van der Waals surface area (Å²) in [6.07, 6.45) is 1.75. The van der Waals surface area contributed by atoms with Crippen molar-refractivity contribution >= 4 is 5.69 Å². The number of aryl methyl sites for hydroxylation is 1. The normalized spacial score (nSPS) is 22.8. The number of aliphatic hydroxyl groups is 1. The van der Waals surface area contributed by atoms with E-state index in [0.29, 0.717) is 24.0 Å². The molecule has 1 aliphatic rings. The van der Waals surface area contributed by atoms with Crippen molar-refractivity contribution < 1.29 is 10.0 Å². The highest BCUT2D eigenvalue weighted by molar-refractivity contribution is 5.39. The van der Waals surface area contributed by atoms with Crippen LogP contribution in [0.4, 0.5) is 5.69 Å². The van der Waals surface area contributed by atoms with E-state index >= 15 is 0 Å². The molecule has 1 fully saturated rings. The quantitative estimate of drug-likeness (QED) is 0.578. The fourth-order valence-electron chi connectivity index (χ4n) is 2.63. The molecule has 0 spiro atoms. The van der Waals surface area contributed by atoms with Gasteiger partial charge >= 0.3 is 5.69 Å². The molecule has 3 unspecified atom stereocenters. The standard InChI is InChI=1S/C13H22N4O3/c1-4-10-5-12(10)14-6-11(18)7-16-9(3)13(17(19)20)8(2)15-16/h10-12,14,18H,4-7H2,1-3H3. The lowest BCUT2D eigenvalue weighted by atomic mass is 10.3. The Kier molecular flexibility index (Phi) is 4.39. The lowest BCUT2D eigenvalue weighted by Crippen LogP contribution is -2.32. The Bertz CT molecular complexity index is 500. The van der Waals surface area contributed by atoms with Crippen molar-refractivity contribution in [1.82, 2.24) is 15.1 Å². The second-order valence-corrected chi connectivity index (χ2v) is 5.53. The Morgan fingerprint density at radius 2 is 2.30 bits per heavy atom. The molecule has 1 aliphatic carbocycles. The van der Waals surface area contributed by atoms with Crippen LogP contribution in [0.3, 0.4) is 0 Å². The first-order valence-electron chi connectivity index (χ1n) is 7.03. The summed E-state index contributed by atoms with van der Waals surface area (Å²) in [6.45, 7) is 6.21. The summed E-state index contributed by atoms with van der Waals surface area (Å²) in [5, 5.41) is 28.4. The first-order chi connectivity index (χ1) is 9.43. The lowest BCUT2D eigenvalue weighted by Gasteiger charge is -2.12. The van der Waals surface area contributed by atoms with Gasteiger partial charge in [-0.3, -0.25) is 14.8 Å². The van der Waals surface area contributed by atoms with Crippen molar-refractivity contribution in [3.8, 4) is 0 Å². The molecule has 0 bridgehead atoms. The topological polar surface area (TPSA) is 93.2 Å². The first-order valence-corrected chi connectivity index (χ1v) is 7.03. The van der Waals surface area contributed by atoms with E-state index in [9.17, 15) is 15.2 Å². The number of hydrogen-bond donors (Lipinski definition) is 2. The summed E-state index contributed by atoms with van der Waals surface area (Å²) >= 11 is 0. The van der Waals surface area contributed by atoms with E-state index in [1.165, 1.54) is 11.1 Å². The summed E-state index contributed by atoms with van der Waals surface area (Å²) in [5.41, 5.74) is 0.920. The molecule has 1 aromatic rings. The summed E-state index contributed by atoms with van der Waals surface area (Å²) in [7, 11) is 0. The van der Waals surface area contributed by atoms with E-state index in [2.05, 4.69) is 17.3 Å². The largest absolute Gasteiger partial charge is 0.390 e. The van der Waals surface area contributed by atoms with Crippen LogP contribution < -0.4 is 5.32 Å². The zero-order chi connectivity index (χ0) is 14.9. The van der Waals surface area contributed by atoms with E-state index in [1.54, 1.807) is 13.8 Å². The van der Waals surface area contributed by atoms with Crippen LogP contribution in [0.2, 0.25) is 0 Å². The Hall–Kier alpha value is -1.47. The van der Waals surface area contributed by atoms with Crippen LogP contribution >= 0.6 is 0 Å². The van der Waals surface area contributed by atoms with Crippen LogP contribution in [0, 0.1) is 29.9 Å². The number of rotatable bonds is 7. The van der Waals surface area contributed by atoms with Gasteiger partial charge in [0.2, 0.25) is 0 Å². The van der Waals surface area contributed by atoms with E-state index in [0.717, 1.165) is 12.3 Å². The van der Waals surface area contributed by atoms with Crippen LogP contribution in [0.25, 0.3) is 0 Å². The molecule has 1 aromatic heterocycles. The van der Waals surface area contributed by atoms with Gasteiger partial charge in [0.05, 0.1) is 17.6 Å². The maximum Gasteiger partial charge on any atom is 0.312 e. The van der Waals surface area contributed by atoms with Gasteiger partial charge in [-0.05, 0) is 26.2 Å². The molecule has 112 valence electrons.